The van der Waals surface area contributed by atoms with Crippen molar-refractivity contribution in [1.29, 1.82) is 0 Å². The van der Waals surface area contributed by atoms with E-state index >= 15 is 0 Å². The molecule has 0 aliphatic heterocycles. The summed E-state index contributed by atoms with van der Waals surface area (Å²) in [5.74, 6) is -14.8. The molecule has 4 aliphatic carbocycles. The van der Waals surface area contributed by atoms with Crippen LogP contribution < -0.4 is 21.3 Å². The van der Waals surface area contributed by atoms with Gasteiger partial charge in [-0.1, -0.05) is 6.42 Å². The lowest BCUT2D eigenvalue weighted by molar-refractivity contribution is -0.190. The number of alkyl carbamates (subject to hydrolysis) is 1. The molecule has 4 aliphatic rings. The van der Waals surface area contributed by atoms with Crippen LogP contribution in [0, 0.1) is 28.1 Å². The first kappa shape index (κ1) is 67.6. The van der Waals surface area contributed by atoms with Crippen LogP contribution in [-0.2, 0) is 61.8 Å². The summed E-state index contributed by atoms with van der Waals surface area (Å²) in [6.07, 6.45) is -4.05. The maximum absolute atomic E-state index is 14.0. The average molecular weight is 1170 g/mol. The highest BCUT2D eigenvalue weighted by Gasteiger charge is 2.68. The number of carbonyl (C=O) groups is 11. The van der Waals surface area contributed by atoms with Gasteiger partial charge in [-0.25, -0.2) is 14.4 Å². The highest BCUT2D eigenvalue weighted by Crippen LogP contribution is 2.74. The SMILES string of the molecule is CC(C)(C)OC(=O)NCCCCCC(=O)NC12CC3(CCC(=O)O)C[C@@](CCC(=O)N[C@@H](CCP(=O)(O)CC(CCC(=O)O)C(=O)O)C(=O)O)(C1)C[C@](CCC(=O)N[C@@H](CCP(=O)(O)CC(CCC(=O)O)C(=O)O)C(=O)O)(C3)C2. The summed E-state index contributed by atoms with van der Waals surface area (Å²) in [5, 5.41) is 77.7. The van der Waals surface area contributed by atoms with Crippen LogP contribution in [0.5, 0.6) is 0 Å². The van der Waals surface area contributed by atoms with E-state index in [-0.39, 0.29) is 57.4 Å². The third-order valence-electron chi connectivity index (χ3n) is 15.1. The van der Waals surface area contributed by atoms with Crippen molar-refractivity contribution in [3.63, 3.8) is 0 Å². The molecule has 0 saturated heterocycles. The minimum absolute atomic E-state index is 0.0639. The quantitative estimate of drug-likeness (QED) is 0.0303. The Morgan fingerprint density at radius 1 is 0.494 bits per heavy atom. The molecule has 6 unspecified atom stereocenters. The lowest BCUT2D eigenvalue weighted by Gasteiger charge is -2.71. The number of hydrogen-bond acceptors (Lipinski definition) is 14. The van der Waals surface area contributed by atoms with Gasteiger partial charge in [0.25, 0.3) is 0 Å². The Labute approximate surface area is 457 Å². The Kier molecular flexibility index (Phi) is 24.5. The number of hydrogen-bond donors (Lipinski definition) is 13. The van der Waals surface area contributed by atoms with Crippen molar-refractivity contribution >= 4 is 80.3 Å². The van der Waals surface area contributed by atoms with E-state index in [1.807, 2.05) is 0 Å². The molecule has 29 heteroatoms. The van der Waals surface area contributed by atoms with Gasteiger partial charge in [0.1, 0.15) is 17.7 Å². The number of ether oxygens (including phenoxy) is 1. The topological polar surface area (TPSA) is 461 Å². The van der Waals surface area contributed by atoms with Crippen molar-refractivity contribution < 1.29 is 112 Å². The van der Waals surface area contributed by atoms with Crippen molar-refractivity contribution in [2.45, 2.75) is 185 Å². The molecule has 27 nitrogen and oxygen atoms in total. The van der Waals surface area contributed by atoms with Crippen LogP contribution in [0.4, 0.5) is 4.79 Å². The molecular formula is C50H80N4O23P2. The van der Waals surface area contributed by atoms with Crippen LogP contribution in [-0.4, -0.2) is 166 Å². The van der Waals surface area contributed by atoms with Crippen molar-refractivity contribution in [1.82, 2.24) is 21.3 Å². The van der Waals surface area contributed by atoms with Gasteiger partial charge in [0.15, 0.2) is 0 Å². The van der Waals surface area contributed by atoms with Crippen molar-refractivity contribution in [2.24, 2.45) is 28.1 Å². The van der Waals surface area contributed by atoms with Gasteiger partial charge in [-0.15, -0.1) is 0 Å². The fourth-order valence-electron chi connectivity index (χ4n) is 12.6. The number of carboxylic acid groups (broad SMARTS) is 7. The van der Waals surface area contributed by atoms with Gasteiger partial charge < -0.3 is 71.5 Å². The zero-order valence-corrected chi connectivity index (χ0v) is 46.8. The molecule has 4 rings (SSSR count). The van der Waals surface area contributed by atoms with Crippen molar-refractivity contribution in [3.8, 4) is 0 Å². The lowest BCUT2D eigenvalue weighted by atomic mass is 9.35. The Morgan fingerprint density at radius 2 is 0.886 bits per heavy atom. The third-order valence-corrected chi connectivity index (χ3v) is 19.0. The van der Waals surface area contributed by atoms with Gasteiger partial charge in [-0.3, -0.25) is 47.5 Å². The van der Waals surface area contributed by atoms with Gasteiger partial charge in [0.2, 0.25) is 32.5 Å². The molecule has 0 spiro atoms. The smallest absolute Gasteiger partial charge is 0.407 e. The van der Waals surface area contributed by atoms with E-state index in [2.05, 4.69) is 21.3 Å². The largest absolute Gasteiger partial charge is 0.481 e. The zero-order valence-electron chi connectivity index (χ0n) is 45.0. The molecule has 4 saturated carbocycles. The predicted molar refractivity (Wildman–Crippen MR) is 277 cm³/mol. The van der Waals surface area contributed by atoms with Crippen molar-refractivity contribution in [2.75, 3.05) is 31.2 Å². The monoisotopic (exact) mass is 1170 g/mol. The zero-order chi connectivity index (χ0) is 59.8. The van der Waals surface area contributed by atoms with Gasteiger partial charge in [0.05, 0.1) is 11.8 Å². The maximum atomic E-state index is 14.0. The standard InChI is InChI=1S/C50H80N4O23P2/c1-46(2,3)77-45(72)51-20-6-4-5-7-37(57)54-50-28-47(17-12-35(55)52-33(43(68)69)15-21-78(73,74)23-31(41(64)65)8-10-38(58)59)25-48(29-50,27-49(26-47,30-50)19-14-40(62)63)18-13-36(56)53-34(44(70)71)16-22-79(75,76)24-32(42(66)67)9-11-39(60)61/h31-34H,4-30H2,1-3H3,(H,51,72)(H,52,55)(H,53,56)(H,54,57)(H,58,59)(H,60,61)(H,62,63)(H,64,65)(H,66,67)(H,68,69)(H,70,71)(H,73,74)(H,75,76)/t31?,32?,33-,34-,47-,48+,49?,50?/m0/s1. The van der Waals surface area contributed by atoms with Crippen LogP contribution >= 0.6 is 14.7 Å². The Balaban J connectivity index is 1.89. The molecule has 13 N–H and O–H groups in total. The van der Waals surface area contributed by atoms with E-state index in [0.29, 0.717) is 57.8 Å². The molecular weight excluding hydrogens is 1090 g/mol. The maximum Gasteiger partial charge on any atom is 0.407 e. The highest BCUT2D eigenvalue weighted by atomic mass is 31.2. The van der Waals surface area contributed by atoms with E-state index in [4.69, 9.17) is 14.9 Å². The number of carboxylic acids is 7. The third kappa shape index (κ3) is 23.5. The normalized spacial score (nSPS) is 24.2. The number of rotatable bonds is 38. The molecule has 10 atom stereocenters. The minimum Gasteiger partial charge on any atom is -0.481 e. The Hall–Kier alpha value is -5.65. The molecule has 79 heavy (non-hydrogen) atoms. The molecule has 0 aromatic rings. The summed E-state index contributed by atoms with van der Waals surface area (Å²) in [5.41, 5.74) is -4.17. The molecule has 4 fully saturated rings. The van der Waals surface area contributed by atoms with Crippen LogP contribution in [0.2, 0.25) is 0 Å². The highest BCUT2D eigenvalue weighted by molar-refractivity contribution is 7.58. The molecule has 4 bridgehead atoms. The number of carbonyl (C=O) groups excluding carboxylic acids is 4. The molecule has 4 amide bonds. The fraction of sp³-hybridized carbons (Fsp3) is 0.780. The second-order valence-electron chi connectivity index (χ2n) is 23.5. The summed E-state index contributed by atoms with van der Waals surface area (Å²) >= 11 is 0. The van der Waals surface area contributed by atoms with Gasteiger partial charge in [-0.2, -0.15) is 0 Å². The fourth-order valence-corrected chi connectivity index (χ4v) is 16.3. The van der Waals surface area contributed by atoms with Crippen LogP contribution in [0.3, 0.4) is 0 Å². The predicted octanol–water partition coefficient (Wildman–Crippen LogP) is 4.28. The molecule has 0 radical (unpaired) electrons. The van der Waals surface area contributed by atoms with E-state index in [1.54, 1.807) is 20.8 Å². The van der Waals surface area contributed by atoms with E-state index in [1.165, 1.54) is 0 Å². The Bertz CT molecular complexity index is 2260. The first-order chi connectivity index (χ1) is 36.4. The summed E-state index contributed by atoms with van der Waals surface area (Å²) in [7, 11) is -8.74. The summed E-state index contributed by atoms with van der Waals surface area (Å²) < 4.78 is 31.4. The first-order valence-electron chi connectivity index (χ1n) is 26.5. The average Bonchev–Trinajstić information content (AvgIpc) is 3.41. The van der Waals surface area contributed by atoms with Crippen LogP contribution in [0.15, 0.2) is 0 Å². The number of unbranched alkanes of at least 4 members (excludes halogenated alkanes) is 2. The lowest BCUT2D eigenvalue weighted by Crippen LogP contribution is -2.69. The summed E-state index contributed by atoms with van der Waals surface area (Å²) in [4.78, 5) is 157. The molecule has 448 valence electrons. The summed E-state index contributed by atoms with van der Waals surface area (Å²) in [6, 6.07) is -3.41. The molecule has 0 heterocycles. The number of nitrogens with one attached hydrogen (secondary N) is 4. The van der Waals surface area contributed by atoms with Gasteiger partial charge >= 0.3 is 47.9 Å². The van der Waals surface area contributed by atoms with Gasteiger partial charge in [-0.05, 0) is 133 Å². The van der Waals surface area contributed by atoms with E-state index in [9.17, 15) is 97.2 Å². The summed E-state index contributed by atoms with van der Waals surface area (Å²) in [6.45, 7) is 5.46. The van der Waals surface area contributed by atoms with Crippen molar-refractivity contribution in [3.05, 3.63) is 0 Å². The number of amides is 4. The molecule has 0 aromatic carbocycles. The first-order valence-corrected chi connectivity index (χ1v) is 30.5. The second kappa shape index (κ2) is 28.7. The van der Waals surface area contributed by atoms with E-state index < -0.39 is 189 Å². The Morgan fingerprint density at radius 3 is 1.24 bits per heavy atom. The molecule has 0 aromatic heterocycles. The number of aliphatic carboxylic acids is 7. The van der Waals surface area contributed by atoms with E-state index in [0.717, 1.165) is 0 Å². The minimum atomic E-state index is -4.37. The second-order valence-corrected chi connectivity index (χ2v) is 28.5. The van der Waals surface area contributed by atoms with Crippen LogP contribution in [0.25, 0.3) is 0 Å². The van der Waals surface area contributed by atoms with Gasteiger partial charge in [0, 0.05) is 75.3 Å². The van der Waals surface area contributed by atoms with Crippen LogP contribution in [0.1, 0.15) is 162 Å².